The summed E-state index contributed by atoms with van der Waals surface area (Å²) in [5, 5.41) is 4.71. The second-order valence-corrected chi connectivity index (χ2v) is 3.28. The summed E-state index contributed by atoms with van der Waals surface area (Å²) in [4.78, 5) is 0. The van der Waals surface area contributed by atoms with Crippen LogP contribution in [0.1, 0.15) is 11.1 Å². The topological polar surface area (TPSA) is 61.3 Å². The number of benzene rings is 1. The van der Waals surface area contributed by atoms with E-state index in [0.29, 0.717) is 12.5 Å². The SMILES string of the molecule is COCc1cc2noc(N)c2cc1C. The van der Waals surface area contributed by atoms with Crippen molar-refractivity contribution in [2.24, 2.45) is 0 Å². The average Bonchev–Trinajstić information content (AvgIpc) is 2.50. The lowest BCUT2D eigenvalue weighted by atomic mass is 10.1. The number of rotatable bonds is 2. The summed E-state index contributed by atoms with van der Waals surface area (Å²) in [6.45, 7) is 2.59. The normalized spacial score (nSPS) is 11.0. The van der Waals surface area contributed by atoms with Crippen LogP contribution in [-0.2, 0) is 11.3 Å². The largest absolute Gasteiger partial charge is 0.380 e. The summed E-state index contributed by atoms with van der Waals surface area (Å²) in [5.74, 6) is 0.368. The first-order valence-electron chi connectivity index (χ1n) is 4.35. The Hall–Kier alpha value is -1.55. The lowest BCUT2D eigenvalue weighted by Crippen LogP contribution is -1.92. The quantitative estimate of drug-likeness (QED) is 0.788. The van der Waals surface area contributed by atoms with Crippen molar-refractivity contribution in [3.05, 3.63) is 23.3 Å². The molecule has 0 amide bonds. The summed E-state index contributed by atoms with van der Waals surface area (Å²) < 4.78 is 9.96. The van der Waals surface area contributed by atoms with Gasteiger partial charge in [-0.3, -0.25) is 0 Å². The van der Waals surface area contributed by atoms with Gasteiger partial charge in [0, 0.05) is 7.11 Å². The Labute approximate surface area is 81.6 Å². The minimum atomic E-state index is 0.368. The van der Waals surface area contributed by atoms with Gasteiger partial charge in [0.1, 0.15) is 5.52 Å². The zero-order valence-corrected chi connectivity index (χ0v) is 8.20. The average molecular weight is 192 g/mol. The minimum Gasteiger partial charge on any atom is -0.380 e. The van der Waals surface area contributed by atoms with Gasteiger partial charge in [-0.2, -0.15) is 0 Å². The molecule has 4 heteroatoms. The molecule has 4 nitrogen and oxygen atoms in total. The first-order valence-corrected chi connectivity index (χ1v) is 4.35. The van der Waals surface area contributed by atoms with Crippen molar-refractivity contribution >= 4 is 16.8 Å². The monoisotopic (exact) mass is 192 g/mol. The number of nitrogens with zero attached hydrogens (tertiary/aromatic N) is 1. The molecule has 0 radical (unpaired) electrons. The van der Waals surface area contributed by atoms with E-state index in [1.807, 2.05) is 19.1 Å². The Kier molecular flexibility index (Phi) is 2.13. The molecule has 2 aromatic rings. The molecule has 0 aliphatic rings. The lowest BCUT2D eigenvalue weighted by Gasteiger charge is -2.03. The van der Waals surface area contributed by atoms with Gasteiger partial charge in [0.15, 0.2) is 0 Å². The smallest absolute Gasteiger partial charge is 0.230 e. The second kappa shape index (κ2) is 3.31. The molecule has 1 aromatic carbocycles. The highest BCUT2D eigenvalue weighted by molar-refractivity contribution is 5.88. The van der Waals surface area contributed by atoms with Gasteiger partial charge in [0.05, 0.1) is 12.0 Å². The Morgan fingerprint density at radius 2 is 2.29 bits per heavy atom. The number of aryl methyl sites for hydroxylation is 1. The van der Waals surface area contributed by atoms with Gasteiger partial charge >= 0.3 is 0 Å². The fraction of sp³-hybridized carbons (Fsp3) is 0.300. The maximum Gasteiger partial charge on any atom is 0.230 e. The number of nitrogen functional groups attached to an aromatic ring is 1. The number of anilines is 1. The Bertz CT molecular complexity index is 462. The number of hydrogen-bond acceptors (Lipinski definition) is 4. The van der Waals surface area contributed by atoms with Gasteiger partial charge in [-0.15, -0.1) is 0 Å². The molecule has 0 fully saturated rings. The van der Waals surface area contributed by atoms with E-state index in [2.05, 4.69) is 5.16 Å². The van der Waals surface area contributed by atoms with E-state index in [0.717, 1.165) is 22.0 Å². The highest BCUT2D eigenvalue weighted by Gasteiger charge is 2.08. The summed E-state index contributed by atoms with van der Waals surface area (Å²) in [6.07, 6.45) is 0. The van der Waals surface area contributed by atoms with Crippen LogP contribution < -0.4 is 5.73 Å². The molecule has 0 aliphatic heterocycles. The molecule has 2 rings (SSSR count). The predicted molar refractivity (Wildman–Crippen MR) is 53.9 cm³/mol. The summed E-state index contributed by atoms with van der Waals surface area (Å²) in [7, 11) is 1.67. The van der Waals surface area contributed by atoms with Crippen LogP contribution in [0.25, 0.3) is 10.9 Å². The van der Waals surface area contributed by atoms with E-state index in [-0.39, 0.29) is 0 Å². The first kappa shape index (κ1) is 9.02. The van der Waals surface area contributed by atoms with Gasteiger partial charge in [0.25, 0.3) is 0 Å². The van der Waals surface area contributed by atoms with Crippen LogP contribution in [0.15, 0.2) is 16.7 Å². The molecule has 2 N–H and O–H groups in total. The lowest BCUT2D eigenvalue weighted by molar-refractivity contribution is 0.184. The molecular weight excluding hydrogens is 180 g/mol. The van der Waals surface area contributed by atoms with Crippen molar-refractivity contribution in [2.75, 3.05) is 12.8 Å². The van der Waals surface area contributed by atoms with Crippen LogP contribution in [0.5, 0.6) is 0 Å². The standard InChI is InChI=1S/C10H12N2O2/c1-6-3-8-9(12-14-10(8)11)4-7(6)5-13-2/h3-4H,5,11H2,1-2H3. The maximum atomic E-state index is 5.61. The van der Waals surface area contributed by atoms with Crippen LogP contribution in [0.3, 0.4) is 0 Å². The van der Waals surface area contributed by atoms with Gasteiger partial charge in [-0.1, -0.05) is 5.16 Å². The number of aromatic nitrogens is 1. The molecular formula is C10H12N2O2. The fourth-order valence-corrected chi connectivity index (χ4v) is 1.47. The Morgan fingerprint density at radius 3 is 3.00 bits per heavy atom. The van der Waals surface area contributed by atoms with Crippen LogP contribution >= 0.6 is 0 Å². The van der Waals surface area contributed by atoms with Crippen molar-refractivity contribution in [3.63, 3.8) is 0 Å². The van der Waals surface area contributed by atoms with E-state index in [4.69, 9.17) is 15.0 Å². The third-order valence-corrected chi connectivity index (χ3v) is 2.26. The Morgan fingerprint density at radius 1 is 1.50 bits per heavy atom. The van der Waals surface area contributed by atoms with Gasteiger partial charge in [-0.05, 0) is 30.2 Å². The number of hydrogen-bond donors (Lipinski definition) is 1. The van der Waals surface area contributed by atoms with Crippen molar-refractivity contribution < 1.29 is 9.26 Å². The van der Waals surface area contributed by atoms with Crippen molar-refractivity contribution in [1.82, 2.24) is 5.16 Å². The molecule has 0 unspecified atom stereocenters. The van der Waals surface area contributed by atoms with Gasteiger partial charge < -0.3 is 15.0 Å². The van der Waals surface area contributed by atoms with Gasteiger partial charge in [-0.25, -0.2) is 0 Å². The fourth-order valence-electron chi connectivity index (χ4n) is 1.47. The minimum absolute atomic E-state index is 0.368. The predicted octanol–water partition coefficient (Wildman–Crippen LogP) is 1.86. The van der Waals surface area contributed by atoms with Gasteiger partial charge in [0.2, 0.25) is 5.88 Å². The van der Waals surface area contributed by atoms with E-state index in [9.17, 15) is 0 Å². The molecule has 0 aliphatic carbocycles. The number of ether oxygens (including phenoxy) is 1. The third kappa shape index (κ3) is 1.33. The van der Waals surface area contributed by atoms with Crippen LogP contribution in [-0.4, -0.2) is 12.3 Å². The highest BCUT2D eigenvalue weighted by Crippen LogP contribution is 2.24. The summed E-state index contributed by atoms with van der Waals surface area (Å²) >= 11 is 0. The van der Waals surface area contributed by atoms with Crippen molar-refractivity contribution in [3.8, 4) is 0 Å². The van der Waals surface area contributed by atoms with Crippen LogP contribution in [0.4, 0.5) is 5.88 Å². The van der Waals surface area contributed by atoms with Crippen molar-refractivity contribution in [2.45, 2.75) is 13.5 Å². The summed E-state index contributed by atoms with van der Waals surface area (Å²) in [5.41, 5.74) is 8.63. The number of fused-ring (bicyclic) bond motifs is 1. The van der Waals surface area contributed by atoms with Crippen molar-refractivity contribution in [1.29, 1.82) is 0 Å². The molecule has 14 heavy (non-hydrogen) atoms. The van der Waals surface area contributed by atoms with Crippen LogP contribution in [0, 0.1) is 6.92 Å². The molecule has 0 saturated carbocycles. The van der Waals surface area contributed by atoms with Crippen LogP contribution in [0.2, 0.25) is 0 Å². The Balaban J connectivity index is 2.60. The third-order valence-electron chi connectivity index (χ3n) is 2.26. The zero-order valence-electron chi connectivity index (χ0n) is 8.20. The number of nitrogens with two attached hydrogens (primary N) is 1. The molecule has 1 heterocycles. The summed E-state index contributed by atoms with van der Waals surface area (Å²) in [6, 6.07) is 3.91. The van der Waals surface area contributed by atoms with E-state index in [1.165, 1.54) is 0 Å². The number of methoxy groups -OCH3 is 1. The highest BCUT2D eigenvalue weighted by atomic mass is 16.5. The molecule has 0 saturated heterocycles. The van der Waals surface area contributed by atoms with E-state index < -0.39 is 0 Å². The zero-order chi connectivity index (χ0) is 10.1. The maximum absolute atomic E-state index is 5.61. The van der Waals surface area contributed by atoms with E-state index >= 15 is 0 Å². The second-order valence-electron chi connectivity index (χ2n) is 3.28. The molecule has 0 bridgehead atoms. The molecule has 0 spiro atoms. The van der Waals surface area contributed by atoms with E-state index in [1.54, 1.807) is 7.11 Å². The molecule has 1 aromatic heterocycles. The molecule has 74 valence electrons. The molecule has 0 atom stereocenters. The first-order chi connectivity index (χ1) is 6.72.